The second-order valence-corrected chi connectivity index (χ2v) is 5.02. The van der Waals surface area contributed by atoms with Gasteiger partial charge >= 0.3 is 0 Å². The van der Waals surface area contributed by atoms with Crippen molar-refractivity contribution in [1.29, 1.82) is 0 Å². The third-order valence-electron chi connectivity index (χ3n) is 2.80. The van der Waals surface area contributed by atoms with Crippen LogP contribution in [0.3, 0.4) is 0 Å². The average Bonchev–Trinajstić information content (AvgIpc) is 2.90. The number of phenols is 1. The Morgan fingerprint density at radius 1 is 1.05 bits per heavy atom. The number of phenolic OH excluding ortho intramolecular Hbond substituents is 1. The monoisotopic (exact) mass is 366 g/mol. The molecule has 108 valence electrons. The number of nitrogens with one attached hydrogen (secondary N) is 1. The molecule has 0 aliphatic carbocycles. The van der Waals surface area contributed by atoms with E-state index >= 15 is 0 Å². The van der Waals surface area contributed by atoms with Crippen LogP contribution in [0.15, 0.2) is 53.9 Å². The first-order chi connectivity index (χ1) is 9.74. The lowest BCUT2D eigenvalue weighted by Crippen LogP contribution is -1.92. The molecule has 0 fully saturated rings. The third kappa shape index (κ3) is 3.40. The van der Waals surface area contributed by atoms with E-state index in [1.807, 2.05) is 11.4 Å². The summed E-state index contributed by atoms with van der Waals surface area (Å²) < 4.78 is 13.5. The SMILES string of the molecule is Br.Oc1ccccc1-c1csc(Nc2ccccc2F)n1. The largest absolute Gasteiger partial charge is 0.507 e. The fraction of sp³-hybridized carbons (Fsp3) is 0. The summed E-state index contributed by atoms with van der Waals surface area (Å²) in [5.41, 5.74) is 1.70. The average molecular weight is 367 g/mol. The highest BCUT2D eigenvalue weighted by Crippen LogP contribution is 2.32. The van der Waals surface area contributed by atoms with Crippen LogP contribution in [-0.4, -0.2) is 10.1 Å². The maximum atomic E-state index is 13.5. The van der Waals surface area contributed by atoms with Crippen molar-refractivity contribution in [2.75, 3.05) is 5.32 Å². The van der Waals surface area contributed by atoms with E-state index < -0.39 is 0 Å². The van der Waals surface area contributed by atoms with E-state index in [1.54, 1.807) is 36.4 Å². The molecule has 0 aliphatic heterocycles. The third-order valence-corrected chi connectivity index (χ3v) is 3.56. The quantitative estimate of drug-likeness (QED) is 0.687. The van der Waals surface area contributed by atoms with E-state index in [2.05, 4.69) is 10.3 Å². The highest BCUT2D eigenvalue weighted by molar-refractivity contribution is 8.93. The minimum absolute atomic E-state index is 0. The van der Waals surface area contributed by atoms with E-state index in [-0.39, 0.29) is 28.5 Å². The molecule has 0 atom stereocenters. The first kappa shape index (κ1) is 15.5. The second kappa shape index (κ2) is 6.69. The first-order valence-corrected chi connectivity index (χ1v) is 6.87. The van der Waals surface area contributed by atoms with Gasteiger partial charge < -0.3 is 10.4 Å². The van der Waals surface area contributed by atoms with Crippen LogP contribution in [0.25, 0.3) is 11.3 Å². The smallest absolute Gasteiger partial charge is 0.187 e. The molecule has 0 amide bonds. The van der Waals surface area contributed by atoms with Crippen LogP contribution in [0, 0.1) is 5.82 Å². The molecule has 21 heavy (non-hydrogen) atoms. The number of rotatable bonds is 3. The number of hydrogen-bond donors (Lipinski definition) is 2. The molecule has 0 spiro atoms. The van der Waals surface area contributed by atoms with Crippen LogP contribution < -0.4 is 5.32 Å². The van der Waals surface area contributed by atoms with Crippen LogP contribution >= 0.6 is 28.3 Å². The van der Waals surface area contributed by atoms with Crippen LogP contribution in [0.5, 0.6) is 5.75 Å². The van der Waals surface area contributed by atoms with E-state index in [9.17, 15) is 9.50 Å². The second-order valence-electron chi connectivity index (χ2n) is 4.16. The molecule has 6 heteroatoms. The van der Waals surface area contributed by atoms with Gasteiger partial charge in [0.25, 0.3) is 0 Å². The van der Waals surface area contributed by atoms with Crippen LogP contribution in [0.1, 0.15) is 0 Å². The highest BCUT2D eigenvalue weighted by Gasteiger charge is 2.09. The number of hydrogen-bond acceptors (Lipinski definition) is 4. The van der Waals surface area contributed by atoms with Crippen LogP contribution in [-0.2, 0) is 0 Å². The van der Waals surface area contributed by atoms with Crippen molar-refractivity contribution in [2.45, 2.75) is 0 Å². The predicted octanol–water partition coefficient (Wildman–Crippen LogP) is 4.98. The van der Waals surface area contributed by atoms with Crippen molar-refractivity contribution >= 4 is 39.1 Å². The van der Waals surface area contributed by atoms with E-state index in [0.717, 1.165) is 0 Å². The Balaban J connectivity index is 0.00000161. The van der Waals surface area contributed by atoms with Gasteiger partial charge in [0.05, 0.1) is 11.4 Å². The highest BCUT2D eigenvalue weighted by atomic mass is 79.9. The van der Waals surface area contributed by atoms with Crippen molar-refractivity contribution in [3.63, 3.8) is 0 Å². The number of thiazole rings is 1. The summed E-state index contributed by atoms with van der Waals surface area (Å²) in [6.07, 6.45) is 0. The number of para-hydroxylation sites is 2. The van der Waals surface area contributed by atoms with Gasteiger partial charge in [-0.3, -0.25) is 0 Å². The van der Waals surface area contributed by atoms with Gasteiger partial charge in [-0.1, -0.05) is 24.3 Å². The Morgan fingerprint density at radius 3 is 2.52 bits per heavy atom. The van der Waals surface area contributed by atoms with Crippen LogP contribution in [0.4, 0.5) is 15.2 Å². The zero-order chi connectivity index (χ0) is 13.9. The van der Waals surface area contributed by atoms with Gasteiger partial charge in [0.15, 0.2) is 5.13 Å². The first-order valence-electron chi connectivity index (χ1n) is 5.99. The topological polar surface area (TPSA) is 45.1 Å². The van der Waals surface area contributed by atoms with Crippen molar-refractivity contribution < 1.29 is 9.50 Å². The van der Waals surface area contributed by atoms with E-state index in [0.29, 0.717) is 22.1 Å². The standard InChI is InChI=1S/C15H11FN2OS.BrH/c16-11-6-2-3-7-12(11)17-15-18-13(9-20-15)10-5-1-4-8-14(10)19;/h1-9,19H,(H,17,18);1H. The van der Waals surface area contributed by atoms with E-state index in [1.165, 1.54) is 17.4 Å². The van der Waals surface area contributed by atoms with Crippen molar-refractivity contribution in [3.8, 4) is 17.0 Å². The summed E-state index contributed by atoms with van der Waals surface area (Å²) in [5, 5.41) is 15.1. The Morgan fingerprint density at radius 2 is 1.76 bits per heavy atom. The lowest BCUT2D eigenvalue weighted by atomic mass is 10.1. The number of aromatic hydroxyl groups is 1. The Hall–Kier alpha value is -1.92. The fourth-order valence-corrected chi connectivity index (χ4v) is 2.55. The summed E-state index contributed by atoms with van der Waals surface area (Å²) in [5.74, 6) is -0.151. The minimum atomic E-state index is -0.327. The molecule has 3 aromatic rings. The molecular weight excluding hydrogens is 355 g/mol. The Bertz CT molecular complexity index is 748. The fourth-order valence-electron chi connectivity index (χ4n) is 1.82. The summed E-state index contributed by atoms with van der Waals surface area (Å²) in [7, 11) is 0. The molecule has 1 aromatic heterocycles. The van der Waals surface area contributed by atoms with Crippen molar-refractivity contribution in [2.24, 2.45) is 0 Å². The van der Waals surface area contributed by atoms with E-state index in [4.69, 9.17) is 0 Å². The van der Waals surface area contributed by atoms with Gasteiger partial charge in [-0.15, -0.1) is 28.3 Å². The summed E-state index contributed by atoms with van der Waals surface area (Å²) in [6.45, 7) is 0. The van der Waals surface area contributed by atoms with Crippen molar-refractivity contribution in [3.05, 3.63) is 59.7 Å². The normalized spacial score (nSPS) is 9.95. The zero-order valence-electron chi connectivity index (χ0n) is 10.8. The van der Waals surface area contributed by atoms with Gasteiger partial charge in [0, 0.05) is 10.9 Å². The van der Waals surface area contributed by atoms with Gasteiger partial charge in [-0.05, 0) is 24.3 Å². The Labute approximate surface area is 135 Å². The number of aromatic nitrogens is 1. The molecule has 2 aromatic carbocycles. The molecule has 1 heterocycles. The number of nitrogens with zero attached hydrogens (tertiary/aromatic N) is 1. The number of benzene rings is 2. The maximum Gasteiger partial charge on any atom is 0.187 e. The molecule has 3 nitrogen and oxygen atoms in total. The molecule has 0 aliphatic rings. The minimum Gasteiger partial charge on any atom is -0.507 e. The number of anilines is 2. The van der Waals surface area contributed by atoms with Crippen molar-refractivity contribution in [1.82, 2.24) is 4.98 Å². The number of halogens is 2. The summed E-state index contributed by atoms with van der Waals surface area (Å²) >= 11 is 1.36. The molecule has 0 bridgehead atoms. The maximum absolute atomic E-state index is 13.5. The molecule has 0 radical (unpaired) electrons. The molecule has 0 unspecified atom stereocenters. The zero-order valence-corrected chi connectivity index (χ0v) is 13.3. The molecule has 3 rings (SSSR count). The summed E-state index contributed by atoms with van der Waals surface area (Å²) in [6, 6.07) is 13.4. The Kier molecular flexibility index (Phi) is 4.93. The van der Waals surface area contributed by atoms with Crippen LogP contribution in [0.2, 0.25) is 0 Å². The van der Waals surface area contributed by atoms with Gasteiger partial charge in [0.2, 0.25) is 0 Å². The molecule has 0 saturated carbocycles. The molecule has 0 saturated heterocycles. The van der Waals surface area contributed by atoms with Gasteiger partial charge in [-0.25, -0.2) is 9.37 Å². The lowest BCUT2D eigenvalue weighted by Gasteiger charge is -2.03. The van der Waals surface area contributed by atoms with Gasteiger partial charge in [-0.2, -0.15) is 0 Å². The van der Waals surface area contributed by atoms with Gasteiger partial charge in [0.1, 0.15) is 11.6 Å². The lowest BCUT2D eigenvalue weighted by molar-refractivity contribution is 0.477. The predicted molar refractivity (Wildman–Crippen MR) is 89.2 cm³/mol. The molecule has 2 N–H and O–H groups in total. The summed E-state index contributed by atoms with van der Waals surface area (Å²) in [4.78, 5) is 4.36. The molecular formula is C15H12BrFN2OS.